The number of benzene rings is 2. The van der Waals surface area contributed by atoms with Crippen molar-refractivity contribution >= 4 is 33.8 Å². The van der Waals surface area contributed by atoms with Gasteiger partial charge in [0.25, 0.3) is 0 Å². The third-order valence-corrected chi connectivity index (χ3v) is 6.24. The summed E-state index contributed by atoms with van der Waals surface area (Å²) >= 11 is 1.37. The van der Waals surface area contributed by atoms with Gasteiger partial charge in [-0.1, -0.05) is 79.1 Å². The number of nitrogens with one attached hydrogen (secondary N) is 1. The number of primary amides is 1. The Morgan fingerprint density at radius 2 is 1.60 bits per heavy atom. The summed E-state index contributed by atoms with van der Waals surface area (Å²) in [6, 6.07) is 19.9. The Bertz CT molecular complexity index is 1100. The van der Waals surface area contributed by atoms with Crippen LogP contribution in [0.3, 0.4) is 0 Å². The Morgan fingerprint density at radius 3 is 2.23 bits per heavy atom. The van der Waals surface area contributed by atoms with Gasteiger partial charge in [0.05, 0.1) is 11.4 Å². The SMILES string of the molecule is NC(=O)C(=O)Nc1sc(=Nc2ccccc2)n(C2CCCCC2)c1-c1ccccc1. The van der Waals surface area contributed by atoms with E-state index >= 15 is 0 Å². The summed E-state index contributed by atoms with van der Waals surface area (Å²) in [6.07, 6.45) is 5.67. The van der Waals surface area contributed by atoms with E-state index in [1.165, 1.54) is 17.8 Å². The number of nitrogens with two attached hydrogens (primary N) is 1. The van der Waals surface area contributed by atoms with Gasteiger partial charge in [0, 0.05) is 11.6 Å². The van der Waals surface area contributed by atoms with Gasteiger partial charge in [-0.3, -0.25) is 9.59 Å². The van der Waals surface area contributed by atoms with E-state index in [0.717, 1.165) is 47.4 Å². The smallest absolute Gasteiger partial charge is 0.314 e. The lowest BCUT2D eigenvalue weighted by atomic mass is 9.95. The first-order valence-electron chi connectivity index (χ1n) is 10.1. The molecule has 0 saturated heterocycles. The van der Waals surface area contributed by atoms with Crippen molar-refractivity contribution in [1.82, 2.24) is 4.57 Å². The number of nitrogens with zero attached hydrogens (tertiary/aromatic N) is 2. The summed E-state index contributed by atoms with van der Waals surface area (Å²) in [5.41, 5.74) is 7.89. The van der Waals surface area contributed by atoms with Crippen LogP contribution in [0.4, 0.5) is 10.7 Å². The molecule has 1 heterocycles. The lowest BCUT2D eigenvalue weighted by molar-refractivity contribution is -0.134. The molecular weight excluding hydrogens is 396 g/mol. The van der Waals surface area contributed by atoms with Crippen LogP contribution in [0.25, 0.3) is 11.3 Å². The van der Waals surface area contributed by atoms with Crippen LogP contribution >= 0.6 is 11.3 Å². The highest BCUT2D eigenvalue weighted by molar-refractivity contribution is 7.14. The van der Waals surface area contributed by atoms with Crippen molar-refractivity contribution in [3.05, 3.63) is 65.5 Å². The number of hydrogen-bond donors (Lipinski definition) is 2. The summed E-state index contributed by atoms with van der Waals surface area (Å²) in [5, 5.41) is 3.31. The Kier molecular flexibility index (Phi) is 6.09. The van der Waals surface area contributed by atoms with Gasteiger partial charge < -0.3 is 15.6 Å². The van der Waals surface area contributed by atoms with Crippen molar-refractivity contribution in [2.24, 2.45) is 10.7 Å². The van der Waals surface area contributed by atoms with Crippen molar-refractivity contribution in [3.63, 3.8) is 0 Å². The summed E-state index contributed by atoms with van der Waals surface area (Å²) in [6.45, 7) is 0. The quantitative estimate of drug-likeness (QED) is 0.614. The summed E-state index contributed by atoms with van der Waals surface area (Å²) in [4.78, 5) is 29.2. The van der Waals surface area contributed by atoms with Crippen LogP contribution in [0.1, 0.15) is 38.1 Å². The lowest BCUT2D eigenvalue weighted by Crippen LogP contribution is -2.29. The molecule has 7 heteroatoms. The molecule has 0 spiro atoms. The molecule has 2 amide bonds. The Balaban J connectivity index is 1.95. The number of amides is 2. The zero-order valence-electron chi connectivity index (χ0n) is 16.6. The molecule has 1 aliphatic rings. The minimum atomic E-state index is -1.01. The van der Waals surface area contributed by atoms with Crippen molar-refractivity contribution < 1.29 is 9.59 Å². The van der Waals surface area contributed by atoms with Crippen LogP contribution in [-0.4, -0.2) is 16.4 Å². The first kappa shape index (κ1) is 20.1. The number of thiazole rings is 1. The third kappa shape index (κ3) is 4.36. The molecule has 1 fully saturated rings. The van der Waals surface area contributed by atoms with E-state index in [9.17, 15) is 9.59 Å². The maximum atomic E-state index is 12.1. The van der Waals surface area contributed by atoms with Gasteiger partial charge in [-0.2, -0.15) is 0 Å². The molecule has 30 heavy (non-hydrogen) atoms. The molecule has 3 N–H and O–H groups in total. The maximum absolute atomic E-state index is 12.1. The van der Waals surface area contributed by atoms with Gasteiger partial charge in [0.1, 0.15) is 5.00 Å². The average Bonchev–Trinajstić information content (AvgIpc) is 3.13. The van der Waals surface area contributed by atoms with Crippen molar-refractivity contribution in [3.8, 4) is 11.3 Å². The summed E-state index contributed by atoms with van der Waals surface area (Å²) in [5.74, 6) is -1.83. The zero-order chi connectivity index (χ0) is 20.9. The highest BCUT2D eigenvalue weighted by Crippen LogP contribution is 2.37. The predicted molar refractivity (Wildman–Crippen MR) is 119 cm³/mol. The number of aromatic nitrogens is 1. The molecule has 1 aliphatic carbocycles. The largest absolute Gasteiger partial charge is 0.361 e. The molecule has 1 aromatic heterocycles. The number of anilines is 1. The van der Waals surface area contributed by atoms with Crippen molar-refractivity contribution in [2.45, 2.75) is 38.1 Å². The van der Waals surface area contributed by atoms with E-state index < -0.39 is 11.8 Å². The molecule has 0 atom stereocenters. The van der Waals surface area contributed by atoms with Crippen LogP contribution < -0.4 is 15.9 Å². The van der Waals surface area contributed by atoms with Gasteiger partial charge >= 0.3 is 11.8 Å². The second-order valence-corrected chi connectivity index (χ2v) is 8.33. The van der Waals surface area contributed by atoms with Crippen LogP contribution in [0.2, 0.25) is 0 Å². The average molecular weight is 421 g/mol. The van der Waals surface area contributed by atoms with E-state index in [4.69, 9.17) is 10.7 Å². The molecule has 4 rings (SSSR count). The van der Waals surface area contributed by atoms with E-state index in [1.807, 2.05) is 60.7 Å². The third-order valence-electron chi connectivity index (χ3n) is 5.27. The molecule has 0 unspecified atom stereocenters. The lowest BCUT2D eigenvalue weighted by Gasteiger charge is -2.25. The fourth-order valence-corrected chi connectivity index (χ4v) is 5.01. The minimum absolute atomic E-state index is 0.284. The number of carbonyl (C=O) groups is 2. The van der Waals surface area contributed by atoms with Crippen LogP contribution in [-0.2, 0) is 9.59 Å². The maximum Gasteiger partial charge on any atom is 0.314 e. The van der Waals surface area contributed by atoms with Crippen molar-refractivity contribution in [1.29, 1.82) is 0 Å². The topological polar surface area (TPSA) is 89.5 Å². The van der Waals surface area contributed by atoms with Gasteiger partial charge in [0.2, 0.25) is 0 Å². The highest BCUT2D eigenvalue weighted by atomic mass is 32.1. The zero-order valence-corrected chi connectivity index (χ0v) is 17.4. The van der Waals surface area contributed by atoms with E-state index in [1.54, 1.807) is 0 Å². The number of carbonyl (C=O) groups excluding carboxylic acids is 2. The number of rotatable bonds is 4. The molecule has 154 valence electrons. The highest BCUT2D eigenvalue weighted by Gasteiger charge is 2.25. The molecular formula is C23H24N4O2S. The fourth-order valence-electron chi connectivity index (χ4n) is 3.88. The Morgan fingerprint density at radius 1 is 0.967 bits per heavy atom. The minimum Gasteiger partial charge on any atom is -0.361 e. The Hall–Kier alpha value is -3.19. The summed E-state index contributed by atoms with van der Waals surface area (Å²) in [7, 11) is 0. The predicted octanol–water partition coefficient (Wildman–Crippen LogP) is 4.38. The molecule has 6 nitrogen and oxygen atoms in total. The number of para-hydroxylation sites is 1. The normalized spacial score (nSPS) is 15.1. The van der Waals surface area contributed by atoms with Gasteiger partial charge in [0.15, 0.2) is 4.80 Å². The van der Waals surface area contributed by atoms with Gasteiger partial charge in [-0.25, -0.2) is 4.99 Å². The molecule has 3 aromatic rings. The first-order valence-corrected chi connectivity index (χ1v) is 11.0. The first-order chi connectivity index (χ1) is 14.6. The molecule has 0 aliphatic heterocycles. The summed E-state index contributed by atoms with van der Waals surface area (Å²) < 4.78 is 2.24. The molecule has 2 aromatic carbocycles. The second-order valence-electron chi connectivity index (χ2n) is 7.36. The van der Waals surface area contributed by atoms with Crippen LogP contribution in [0.5, 0.6) is 0 Å². The van der Waals surface area contributed by atoms with Crippen LogP contribution in [0.15, 0.2) is 65.7 Å². The fraction of sp³-hybridized carbons (Fsp3) is 0.261. The molecule has 1 saturated carbocycles. The van der Waals surface area contributed by atoms with Gasteiger partial charge in [-0.15, -0.1) is 0 Å². The monoisotopic (exact) mass is 420 g/mol. The second kappa shape index (κ2) is 9.09. The molecule has 0 radical (unpaired) electrons. The van der Waals surface area contributed by atoms with E-state index in [-0.39, 0.29) is 6.04 Å². The number of hydrogen-bond acceptors (Lipinski definition) is 4. The van der Waals surface area contributed by atoms with E-state index in [2.05, 4.69) is 9.88 Å². The Labute approximate surface area is 179 Å². The van der Waals surface area contributed by atoms with Crippen LogP contribution in [0, 0.1) is 0 Å². The van der Waals surface area contributed by atoms with Gasteiger partial charge in [-0.05, 0) is 25.0 Å². The standard InChI is InChI=1S/C23H24N4O2S/c24-20(28)21(29)26-22-19(16-10-4-1-5-11-16)27(18-14-8-3-9-15-18)23(30-22)25-17-12-6-2-7-13-17/h1-2,4-7,10-13,18H,3,8-9,14-15H2,(H2,24,28)(H,26,29). The van der Waals surface area contributed by atoms with E-state index in [0.29, 0.717) is 5.00 Å². The van der Waals surface area contributed by atoms with Crippen molar-refractivity contribution in [2.75, 3.05) is 5.32 Å². The molecule has 0 bridgehead atoms.